The molecule has 7 nitrogen and oxygen atoms in total. The van der Waals surface area contributed by atoms with E-state index in [1.807, 2.05) is 91.0 Å². The van der Waals surface area contributed by atoms with Crippen molar-refractivity contribution in [2.24, 2.45) is 0 Å². The Morgan fingerprint density at radius 1 is 0.892 bits per heavy atom. The quantitative estimate of drug-likeness (QED) is 0.414. The van der Waals surface area contributed by atoms with Crippen LogP contribution in [0, 0.1) is 0 Å². The Bertz CT molecular complexity index is 1100. The summed E-state index contributed by atoms with van der Waals surface area (Å²) in [5.41, 5.74) is 2.93. The molecule has 1 aliphatic heterocycles. The first-order valence-electron chi connectivity index (χ1n) is 12.5. The fraction of sp³-hybridized carbons (Fsp3) is 0.367. The van der Waals surface area contributed by atoms with E-state index in [0.29, 0.717) is 13.0 Å². The molecule has 196 valence electrons. The topological polar surface area (TPSA) is 86.2 Å². The van der Waals surface area contributed by atoms with E-state index in [1.165, 1.54) is 6.92 Å². The lowest BCUT2D eigenvalue weighted by Crippen LogP contribution is -2.72. The van der Waals surface area contributed by atoms with Crippen LogP contribution in [0.5, 0.6) is 0 Å². The van der Waals surface area contributed by atoms with E-state index in [9.17, 15) is 9.90 Å². The molecule has 0 aromatic heterocycles. The maximum Gasteiger partial charge on any atom is 0.217 e. The van der Waals surface area contributed by atoms with E-state index >= 15 is 0 Å². The van der Waals surface area contributed by atoms with Gasteiger partial charge in [0, 0.05) is 20.5 Å². The molecular formula is C30H35NO6. The van der Waals surface area contributed by atoms with Crippen LogP contribution in [0.4, 0.5) is 0 Å². The van der Waals surface area contributed by atoms with Gasteiger partial charge in [-0.25, -0.2) is 0 Å². The molecule has 7 heteroatoms. The number of ether oxygens (including phenoxy) is 4. The minimum absolute atomic E-state index is 0.119. The van der Waals surface area contributed by atoms with Gasteiger partial charge in [-0.3, -0.25) is 4.79 Å². The van der Waals surface area contributed by atoms with Crippen LogP contribution in [0.15, 0.2) is 91.0 Å². The van der Waals surface area contributed by atoms with Crippen molar-refractivity contribution in [2.45, 2.75) is 56.7 Å². The number of amides is 1. The number of carbonyl (C=O) groups is 1. The predicted molar refractivity (Wildman–Crippen MR) is 139 cm³/mol. The largest absolute Gasteiger partial charge is 0.388 e. The molecule has 1 heterocycles. The van der Waals surface area contributed by atoms with Crippen LogP contribution >= 0.6 is 0 Å². The molecular weight excluding hydrogens is 470 g/mol. The van der Waals surface area contributed by atoms with E-state index in [4.69, 9.17) is 18.9 Å². The zero-order chi connectivity index (χ0) is 26.1. The third-order valence-electron chi connectivity index (χ3n) is 6.55. The number of aliphatic hydroxyl groups excluding tert-OH is 1. The third-order valence-corrected chi connectivity index (χ3v) is 6.55. The fourth-order valence-corrected chi connectivity index (χ4v) is 4.71. The van der Waals surface area contributed by atoms with Gasteiger partial charge in [-0.15, -0.1) is 0 Å². The first kappa shape index (κ1) is 27.0. The summed E-state index contributed by atoms with van der Waals surface area (Å²) >= 11 is 0. The highest BCUT2D eigenvalue weighted by molar-refractivity contribution is 5.73. The minimum atomic E-state index is -1.30. The van der Waals surface area contributed by atoms with Gasteiger partial charge in [-0.05, 0) is 16.7 Å². The van der Waals surface area contributed by atoms with Gasteiger partial charge in [0.25, 0.3) is 0 Å². The number of methoxy groups -OCH3 is 1. The third kappa shape index (κ3) is 7.03. The molecule has 37 heavy (non-hydrogen) atoms. The molecule has 2 N–H and O–H groups in total. The zero-order valence-corrected chi connectivity index (χ0v) is 21.3. The number of aliphatic hydroxyl groups is 1. The van der Waals surface area contributed by atoms with Gasteiger partial charge in [0.2, 0.25) is 5.91 Å². The van der Waals surface area contributed by atoms with Crippen molar-refractivity contribution in [1.82, 2.24) is 5.32 Å². The zero-order valence-electron chi connectivity index (χ0n) is 21.3. The molecule has 3 aromatic carbocycles. The second-order valence-electron chi connectivity index (χ2n) is 9.27. The van der Waals surface area contributed by atoms with Crippen LogP contribution in [-0.4, -0.2) is 54.9 Å². The molecule has 5 atom stereocenters. The molecule has 4 rings (SSSR count). The van der Waals surface area contributed by atoms with E-state index in [2.05, 4.69) is 5.32 Å². The SMILES string of the molecule is CO[C@@]1(Cc2ccccc2)O[C@H](COCc2ccccc2)[C@@H](O)[C@H](OCc2ccccc2)[C@H]1NC(C)=O. The molecule has 0 bridgehead atoms. The molecule has 1 aliphatic rings. The van der Waals surface area contributed by atoms with Crippen LogP contribution in [0.3, 0.4) is 0 Å². The number of hydrogen-bond donors (Lipinski definition) is 2. The summed E-state index contributed by atoms with van der Waals surface area (Å²) in [5.74, 6) is -1.57. The van der Waals surface area contributed by atoms with Crippen LogP contribution in [0.1, 0.15) is 23.6 Å². The van der Waals surface area contributed by atoms with Crippen molar-refractivity contribution in [2.75, 3.05) is 13.7 Å². The Balaban J connectivity index is 1.62. The number of rotatable bonds is 11. The average Bonchev–Trinajstić information content (AvgIpc) is 2.92. The summed E-state index contributed by atoms with van der Waals surface area (Å²) in [4.78, 5) is 12.3. The van der Waals surface area contributed by atoms with Crippen molar-refractivity contribution in [1.29, 1.82) is 0 Å². The first-order chi connectivity index (χ1) is 18.0. The van der Waals surface area contributed by atoms with E-state index in [1.54, 1.807) is 7.11 Å². The average molecular weight is 506 g/mol. The lowest BCUT2D eigenvalue weighted by molar-refractivity contribution is -0.334. The summed E-state index contributed by atoms with van der Waals surface area (Å²) < 4.78 is 24.8. The maximum absolute atomic E-state index is 12.3. The molecule has 0 spiro atoms. The van der Waals surface area contributed by atoms with Crippen molar-refractivity contribution < 1.29 is 28.8 Å². The molecule has 0 radical (unpaired) electrons. The van der Waals surface area contributed by atoms with E-state index < -0.39 is 30.1 Å². The molecule has 1 fully saturated rings. The predicted octanol–water partition coefficient (Wildman–Crippen LogP) is 3.64. The molecule has 1 amide bonds. The standard InChI is InChI=1S/C30H35NO6/c1-22(32)31-29-28(36-20-25-16-10-5-11-17-25)27(33)26(21-35-19-24-14-8-4-9-15-24)37-30(29,34-2)18-23-12-6-3-7-13-23/h3-17,26-29,33H,18-21H2,1-2H3,(H,31,32)/t26-,27-,28+,29-,30+/m1/s1. The molecule has 3 aromatic rings. The monoisotopic (exact) mass is 505 g/mol. The first-order valence-corrected chi connectivity index (χ1v) is 12.5. The van der Waals surface area contributed by atoms with Crippen LogP contribution < -0.4 is 5.32 Å². The number of carbonyl (C=O) groups excluding carboxylic acids is 1. The van der Waals surface area contributed by atoms with Crippen LogP contribution in [0.25, 0.3) is 0 Å². The number of benzene rings is 3. The molecule has 0 saturated carbocycles. The van der Waals surface area contributed by atoms with Gasteiger partial charge in [0.1, 0.15) is 24.4 Å². The van der Waals surface area contributed by atoms with E-state index in [-0.39, 0.29) is 19.1 Å². The Hall–Kier alpha value is -3.07. The number of hydrogen-bond acceptors (Lipinski definition) is 6. The molecule has 1 saturated heterocycles. The second kappa shape index (κ2) is 12.9. The van der Waals surface area contributed by atoms with Crippen molar-refractivity contribution in [3.63, 3.8) is 0 Å². The maximum atomic E-state index is 12.3. The van der Waals surface area contributed by atoms with Gasteiger partial charge in [-0.2, -0.15) is 0 Å². The molecule has 0 unspecified atom stereocenters. The Morgan fingerprint density at radius 2 is 1.43 bits per heavy atom. The lowest BCUT2D eigenvalue weighted by Gasteiger charge is -2.51. The van der Waals surface area contributed by atoms with Crippen molar-refractivity contribution in [3.8, 4) is 0 Å². The highest BCUT2D eigenvalue weighted by Crippen LogP contribution is 2.36. The highest BCUT2D eigenvalue weighted by atomic mass is 16.7. The Morgan fingerprint density at radius 3 is 1.97 bits per heavy atom. The summed E-state index contributed by atoms with van der Waals surface area (Å²) in [6.45, 7) is 2.17. The van der Waals surface area contributed by atoms with E-state index in [0.717, 1.165) is 16.7 Å². The molecule has 0 aliphatic carbocycles. The van der Waals surface area contributed by atoms with Gasteiger partial charge < -0.3 is 29.4 Å². The fourth-order valence-electron chi connectivity index (χ4n) is 4.71. The van der Waals surface area contributed by atoms with Gasteiger partial charge in [0.15, 0.2) is 5.79 Å². The van der Waals surface area contributed by atoms with Gasteiger partial charge in [0.05, 0.1) is 19.8 Å². The lowest BCUT2D eigenvalue weighted by atomic mass is 9.86. The Labute approximate surface area is 218 Å². The highest BCUT2D eigenvalue weighted by Gasteiger charge is 2.56. The van der Waals surface area contributed by atoms with Gasteiger partial charge in [-0.1, -0.05) is 91.0 Å². The normalized spacial score (nSPS) is 25.5. The number of nitrogens with one attached hydrogen (secondary N) is 1. The minimum Gasteiger partial charge on any atom is -0.388 e. The smallest absolute Gasteiger partial charge is 0.217 e. The van der Waals surface area contributed by atoms with Crippen molar-refractivity contribution >= 4 is 5.91 Å². The van der Waals surface area contributed by atoms with Crippen LogP contribution in [-0.2, 0) is 43.4 Å². The van der Waals surface area contributed by atoms with Crippen molar-refractivity contribution in [3.05, 3.63) is 108 Å². The van der Waals surface area contributed by atoms with Gasteiger partial charge >= 0.3 is 0 Å². The Kier molecular flexibility index (Phi) is 9.44. The summed E-state index contributed by atoms with van der Waals surface area (Å²) in [6, 6.07) is 28.5. The van der Waals surface area contributed by atoms with Crippen LogP contribution in [0.2, 0.25) is 0 Å². The summed E-state index contributed by atoms with van der Waals surface area (Å²) in [5, 5.41) is 14.4. The summed E-state index contributed by atoms with van der Waals surface area (Å²) in [7, 11) is 1.55. The second-order valence-corrected chi connectivity index (χ2v) is 9.27. The summed E-state index contributed by atoms with van der Waals surface area (Å²) in [6.07, 6.45) is -2.30.